The standard InChI is InChI=1S/C26H24BrN3O6S/c1-4-7-19-22(25(32)36-5-2)23(18-14-16(27)10-11-20(18)35-3)29-24(31)21(37-26(29)28-19)13-15-8-6-9-17(12-15)30(33)34/h6,8-14,23H,4-5,7H2,1-3H3/b21-13+/t23-/m1/s1. The SMILES string of the molecule is CCCC1=C(C(=O)OCC)[C@@H](c2cc(Br)ccc2OC)n2c(s/c(=C/c3cccc([N+](=O)[O-])c3)c2=O)=N1. The summed E-state index contributed by atoms with van der Waals surface area (Å²) in [7, 11) is 1.53. The number of halogens is 1. The number of non-ortho nitro benzene ring substituents is 1. The lowest BCUT2D eigenvalue weighted by atomic mass is 9.93. The van der Waals surface area contributed by atoms with E-state index in [1.165, 1.54) is 23.8 Å². The van der Waals surface area contributed by atoms with E-state index in [4.69, 9.17) is 14.5 Å². The molecule has 192 valence electrons. The van der Waals surface area contributed by atoms with Crippen molar-refractivity contribution < 1.29 is 19.2 Å². The molecule has 1 aliphatic rings. The highest BCUT2D eigenvalue weighted by Gasteiger charge is 2.36. The number of nitrogens with zero attached hydrogens (tertiary/aromatic N) is 3. The molecular weight excluding hydrogens is 562 g/mol. The van der Waals surface area contributed by atoms with E-state index in [2.05, 4.69) is 15.9 Å². The van der Waals surface area contributed by atoms with Crippen LogP contribution in [0.15, 0.2) is 68.0 Å². The van der Waals surface area contributed by atoms with E-state index in [-0.39, 0.29) is 23.4 Å². The number of nitro groups is 1. The highest BCUT2D eigenvalue weighted by atomic mass is 79.9. The minimum Gasteiger partial charge on any atom is -0.496 e. The average molecular weight is 586 g/mol. The molecule has 1 atom stereocenters. The predicted molar refractivity (Wildman–Crippen MR) is 143 cm³/mol. The van der Waals surface area contributed by atoms with Gasteiger partial charge in [-0.2, -0.15) is 0 Å². The van der Waals surface area contributed by atoms with Crippen LogP contribution >= 0.6 is 27.3 Å². The first-order chi connectivity index (χ1) is 17.8. The van der Waals surface area contributed by atoms with Gasteiger partial charge in [0.1, 0.15) is 11.8 Å². The first kappa shape index (κ1) is 26.5. The highest BCUT2D eigenvalue weighted by molar-refractivity contribution is 9.10. The van der Waals surface area contributed by atoms with Crippen LogP contribution in [-0.4, -0.2) is 29.2 Å². The van der Waals surface area contributed by atoms with E-state index in [9.17, 15) is 19.7 Å². The van der Waals surface area contributed by atoms with Crippen molar-refractivity contribution in [2.45, 2.75) is 32.7 Å². The minimum absolute atomic E-state index is 0.0758. The Kier molecular flexibility index (Phi) is 8.03. The van der Waals surface area contributed by atoms with Gasteiger partial charge in [-0.15, -0.1) is 0 Å². The van der Waals surface area contributed by atoms with Crippen molar-refractivity contribution in [2.75, 3.05) is 13.7 Å². The van der Waals surface area contributed by atoms with Crippen LogP contribution in [0.4, 0.5) is 5.69 Å². The molecule has 0 fully saturated rings. The number of thiazole rings is 1. The Morgan fingerprint density at radius 3 is 2.73 bits per heavy atom. The van der Waals surface area contributed by atoms with Crippen LogP contribution in [0.1, 0.15) is 43.9 Å². The molecule has 0 amide bonds. The molecule has 0 saturated heterocycles. The number of rotatable bonds is 8. The van der Waals surface area contributed by atoms with Gasteiger partial charge in [-0.1, -0.05) is 52.7 Å². The van der Waals surface area contributed by atoms with Crippen molar-refractivity contribution in [1.29, 1.82) is 0 Å². The summed E-state index contributed by atoms with van der Waals surface area (Å²) in [4.78, 5) is 43.0. The second-order valence-corrected chi connectivity index (χ2v) is 10.1. The Morgan fingerprint density at radius 2 is 2.05 bits per heavy atom. The molecule has 0 radical (unpaired) electrons. The lowest BCUT2D eigenvalue weighted by Gasteiger charge is -2.27. The second-order valence-electron chi connectivity index (χ2n) is 8.15. The van der Waals surface area contributed by atoms with Gasteiger partial charge >= 0.3 is 5.97 Å². The fraction of sp³-hybridized carbons (Fsp3) is 0.269. The first-order valence-corrected chi connectivity index (χ1v) is 13.2. The zero-order valence-electron chi connectivity index (χ0n) is 20.4. The fourth-order valence-electron chi connectivity index (χ4n) is 4.21. The van der Waals surface area contributed by atoms with Crippen LogP contribution in [0.25, 0.3) is 6.08 Å². The fourth-order valence-corrected chi connectivity index (χ4v) is 5.61. The zero-order chi connectivity index (χ0) is 26.7. The number of benzene rings is 2. The molecule has 2 aromatic carbocycles. The number of ether oxygens (including phenoxy) is 2. The minimum atomic E-state index is -0.837. The van der Waals surface area contributed by atoms with Crippen molar-refractivity contribution in [3.05, 3.63) is 99.1 Å². The van der Waals surface area contributed by atoms with E-state index in [1.807, 2.05) is 19.1 Å². The number of aromatic nitrogens is 1. The molecule has 0 saturated carbocycles. The molecule has 1 aromatic heterocycles. The predicted octanol–water partition coefficient (Wildman–Crippen LogP) is 4.26. The number of carbonyl (C=O) groups is 1. The molecule has 0 aliphatic carbocycles. The molecule has 4 rings (SSSR count). The first-order valence-electron chi connectivity index (χ1n) is 11.6. The summed E-state index contributed by atoms with van der Waals surface area (Å²) in [6, 6.07) is 10.6. The molecule has 0 unspecified atom stereocenters. The van der Waals surface area contributed by atoms with Gasteiger partial charge in [0.15, 0.2) is 4.80 Å². The molecule has 9 nitrogen and oxygen atoms in total. The Labute approximate surface area is 224 Å². The number of allylic oxidation sites excluding steroid dienone is 1. The molecule has 11 heteroatoms. The van der Waals surface area contributed by atoms with Crippen molar-refractivity contribution in [3.63, 3.8) is 0 Å². The summed E-state index contributed by atoms with van der Waals surface area (Å²) < 4.78 is 13.6. The maximum Gasteiger partial charge on any atom is 0.338 e. The Balaban J connectivity index is 2.04. The second kappa shape index (κ2) is 11.2. The normalized spacial score (nSPS) is 15.2. The number of esters is 1. The van der Waals surface area contributed by atoms with Gasteiger partial charge in [0.05, 0.1) is 34.4 Å². The summed E-state index contributed by atoms with van der Waals surface area (Å²) in [5, 5.41) is 11.2. The van der Waals surface area contributed by atoms with Crippen molar-refractivity contribution in [2.24, 2.45) is 4.99 Å². The van der Waals surface area contributed by atoms with Crippen LogP contribution in [-0.2, 0) is 9.53 Å². The molecule has 2 heterocycles. The van der Waals surface area contributed by atoms with Crippen molar-refractivity contribution in [3.8, 4) is 5.75 Å². The van der Waals surface area contributed by atoms with E-state index in [1.54, 1.807) is 31.2 Å². The lowest BCUT2D eigenvalue weighted by molar-refractivity contribution is -0.384. The number of hydrogen-bond donors (Lipinski definition) is 0. The third kappa shape index (κ3) is 5.28. The average Bonchev–Trinajstić information content (AvgIpc) is 3.18. The maximum absolute atomic E-state index is 13.8. The number of methoxy groups -OCH3 is 1. The molecule has 1 aliphatic heterocycles. The summed E-state index contributed by atoms with van der Waals surface area (Å²) in [5.41, 5.74) is 1.50. The van der Waals surface area contributed by atoms with Crippen LogP contribution < -0.4 is 19.6 Å². The number of hydrogen-bond acceptors (Lipinski definition) is 8. The zero-order valence-corrected chi connectivity index (χ0v) is 22.8. The molecule has 3 aromatic rings. The Bertz CT molecular complexity index is 1590. The number of nitro benzene ring substituents is 1. The van der Waals surface area contributed by atoms with Crippen LogP contribution in [0.5, 0.6) is 5.75 Å². The largest absolute Gasteiger partial charge is 0.496 e. The number of fused-ring (bicyclic) bond motifs is 1. The van der Waals surface area contributed by atoms with Crippen LogP contribution in [0.3, 0.4) is 0 Å². The van der Waals surface area contributed by atoms with Gasteiger partial charge in [-0.25, -0.2) is 9.79 Å². The summed E-state index contributed by atoms with van der Waals surface area (Å²) >= 11 is 4.66. The van der Waals surface area contributed by atoms with Gasteiger partial charge in [-0.05, 0) is 43.2 Å². The van der Waals surface area contributed by atoms with Crippen molar-refractivity contribution >= 4 is 45.0 Å². The monoisotopic (exact) mass is 585 g/mol. The summed E-state index contributed by atoms with van der Waals surface area (Å²) in [5.74, 6) is -0.0456. The summed E-state index contributed by atoms with van der Waals surface area (Å²) in [6.07, 6.45) is 2.84. The summed E-state index contributed by atoms with van der Waals surface area (Å²) in [6.45, 7) is 3.87. The van der Waals surface area contributed by atoms with E-state index in [0.717, 1.165) is 22.2 Å². The van der Waals surface area contributed by atoms with Gasteiger partial charge in [0.25, 0.3) is 11.2 Å². The lowest BCUT2D eigenvalue weighted by Crippen LogP contribution is -2.40. The van der Waals surface area contributed by atoms with Gasteiger partial charge in [0, 0.05) is 22.2 Å². The Morgan fingerprint density at radius 1 is 1.27 bits per heavy atom. The van der Waals surface area contributed by atoms with Gasteiger partial charge in [-0.3, -0.25) is 19.5 Å². The molecule has 0 spiro atoms. The molecule has 0 bridgehead atoms. The van der Waals surface area contributed by atoms with Gasteiger partial charge < -0.3 is 9.47 Å². The highest BCUT2D eigenvalue weighted by Crippen LogP contribution is 2.38. The third-order valence-electron chi connectivity index (χ3n) is 5.76. The molecular formula is C26H24BrN3O6S. The van der Waals surface area contributed by atoms with E-state index >= 15 is 0 Å². The van der Waals surface area contributed by atoms with Crippen LogP contribution in [0, 0.1) is 10.1 Å². The van der Waals surface area contributed by atoms with Crippen molar-refractivity contribution in [1.82, 2.24) is 4.57 Å². The maximum atomic E-state index is 13.8. The quantitative estimate of drug-likeness (QED) is 0.222. The third-order valence-corrected chi connectivity index (χ3v) is 7.23. The van der Waals surface area contributed by atoms with Crippen LogP contribution in [0.2, 0.25) is 0 Å². The smallest absolute Gasteiger partial charge is 0.338 e. The van der Waals surface area contributed by atoms with E-state index in [0.29, 0.717) is 38.3 Å². The number of carbonyl (C=O) groups excluding carboxylic acids is 1. The molecule has 0 N–H and O–H groups in total. The topological polar surface area (TPSA) is 113 Å². The molecule has 37 heavy (non-hydrogen) atoms. The van der Waals surface area contributed by atoms with E-state index < -0.39 is 16.9 Å². The van der Waals surface area contributed by atoms with Gasteiger partial charge in [0.2, 0.25) is 0 Å². The Hall–Kier alpha value is -3.57.